The molecule has 2 aliphatic rings. The van der Waals surface area contributed by atoms with Crippen molar-refractivity contribution in [2.75, 3.05) is 13.1 Å². The van der Waals surface area contributed by atoms with E-state index >= 15 is 0 Å². The molecule has 0 spiro atoms. The first-order valence-electron chi connectivity index (χ1n) is 6.23. The van der Waals surface area contributed by atoms with Gasteiger partial charge >= 0.3 is 0 Å². The standard InChI is InChI=1S/C12H24N2/c1-9-6-12(9)14-8-11-4-2-10(7-13)3-5-11/h9-12,14H,2-8,13H2,1H3. The van der Waals surface area contributed by atoms with E-state index in [9.17, 15) is 0 Å². The zero-order chi connectivity index (χ0) is 9.97. The normalized spacial score (nSPS) is 42.4. The van der Waals surface area contributed by atoms with E-state index in [1.165, 1.54) is 38.6 Å². The molecule has 2 heteroatoms. The molecule has 0 bridgehead atoms. The molecule has 0 amide bonds. The maximum atomic E-state index is 5.68. The molecule has 0 aromatic carbocycles. The van der Waals surface area contributed by atoms with E-state index in [1.807, 2.05) is 0 Å². The lowest BCUT2D eigenvalue weighted by atomic mass is 9.82. The quantitative estimate of drug-likeness (QED) is 0.719. The maximum Gasteiger partial charge on any atom is 0.00965 e. The van der Waals surface area contributed by atoms with Gasteiger partial charge in [0.05, 0.1) is 0 Å². The van der Waals surface area contributed by atoms with Crippen LogP contribution in [0.3, 0.4) is 0 Å². The molecule has 2 aliphatic carbocycles. The van der Waals surface area contributed by atoms with Gasteiger partial charge in [-0.25, -0.2) is 0 Å². The molecule has 82 valence electrons. The predicted octanol–water partition coefficient (Wildman–Crippen LogP) is 1.75. The molecule has 0 radical (unpaired) electrons. The van der Waals surface area contributed by atoms with Gasteiger partial charge in [0.1, 0.15) is 0 Å². The first-order chi connectivity index (χ1) is 6.79. The van der Waals surface area contributed by atoms with Crippen molar-refractivity contribution in [2.24, 2.45) is 23.5 Å². The van der Waals surface area contributed by atoms with Crippen molar-refractivity contribution in [1.82, 2.24) is 5.32 Å². The molecule has 0 aliphatic heterocycles. The van der Waals surface area contributed by atoms with Crippen molar-refractivity contribution in [3.8, 4) is 0 Å². The fourth-order valence-corrected chi connectivity index (χ4v) is 2.60. The molecule has 2 fully saturated rings. The van der Waals surface area contributed by atoms with E-state index in [0.29, 0.717) is 0 Å². The largest absolute Gasteiger partial charge is 0.330 e. The van der Waals surface area contributed by atoms with Crippen LogP contribution in [0.15, 0.2) is 0 Å². The van der Waals surface area contributed by atoms with E-state index in [0.717, 1.165) is 30.3 Å². The topological polar surface area (TPSA) is 38.0 Å². The second-order valence-corrected chi connectivity index (χ2v) is 5.35. The molecule has 14 heavy (non-hydrogen) atoms. The average Bonchev–Trinajstić information content (AvgIpc) is 2.92. The van der Waals surface area contributed by atoms with Crippen LogP contribution in [0.5, 0.6) is 0 Å². The molecule has 0 heterocycles. The highest BCUT2D eigenvalue weighted by Gasteiger charge is 2.32. The molecule has 2 saturated carbocycles. The van der Waals surface area contributed by atoms with Crippen molar-refractivity contribution in [2.45, 2.75) is 45.1 Å². The molecule has 2 rings (SSSR count). The van der Waals surface area contributed by atoms with E-state index in [1.54, 1.807) is 0 Å². The summed E-state index contributed by atoms with van der Waals surface area (Å²) in [6.45, 7) is 4.50. The van der Waals surface area contributed by atoms with Crippen LogP contribution in [0.1, 0.15) is 39.0 Å². The van der Waals surface area contributed by atoms with Crippen LogP contribution < -0.4 is 11.1 Å². The lowest BCUT2D eigenvalue weighted by molar-refractivity contribution is 0.271. The number of hydrogen-bond acceptors (Lipinski definition) is 2. The van der Waals surface area contributed by atoms with Crippen molar-refractivity contribution in [3.63, 3.8) is 0 Å². The van der Waals surface area contributed by atoms with E-state index in [2.05, 4.69) is 12.2 Å². The van der Waals surface area contributed by atoms with Gasteiger partial charge in [-0.05, 0) is 62.9 Å². The Kier molecular flexibility index (Phi) is 3.45. The second kappa shape index (κ2) is 4.63. The molecule has 2 unspecified atom stereocenters. The summed E-state index contributed by atoms with van der Waals surface area (Å²) in [6.07, 6.45) is 6.93. The van der Waals surface area contributed by atoms with Gasteiger partial charge in [0.25, 0.3) is 0 Å². The molecule has 0 aromatic heterocycles. The minimum atomic E-state index is 0.825. The van der Waals surface area contributed by atoms with Crippen LogP contribution in [-0.4, -0.2) is 19.1 Å². The maximum absolute atomic E-state index is 5.68. The van der Waals surface area contributed by atoms with Crippen LogP contribution in [0, 0.1) is 17.8 Å². The van der Waals surface area contributed by atoms with Crippen LogP contribution in [-0.2, 0) is 0 Å². The van der Waals surface area contributed by atoms with Crippen LogP contribution in [0.2, 0.25) is 0 Å². The third-order valence-corrected chi connectivity index (χ3v) is 4.08. The third kappa shape index (κ3) is 2.71. The zero-order valence-electron chi connectivity index (χ0n) is 9.34. The number of nitrogens with one attached hydrogen (secondary N) is 1. The Morgan fingerprint density at radius 3 is 2.21 bits per heavy atom. The fourth-order valence-electron chi connectivity index (χ4n) is 2.60. The monoisotopic (exact) mass is 196 g/mol. The number of rotatable bonds is 4. The van der Waals surface area contributed by atoms with Crippen LogP contribution in [0.25, 0.3) is 0 Å². The van der Waals surface area contributed by atoms with Crippen molar-refractivity contribution in [3.05, 3.63) is 0 Å². The molecular formula is C12H24N2. The third-order valence-electron chi connectivity index (χ3n) is 4.08. The summed E-state index contributed by atoms with van der Waals surface area (Å²) in [4.78, 5) is 0. The van der Waals surface area contributed by atoms with Crippen LogP contribution >= 0.6 is 0 Å². The smallest absolute Gasteiger partial charge is 0.00965 e. The Bertz CT molecular complexity index is 173. The summed E-state index contributed by atoms with van der Waals surface area (Å²) >= 11 is 0. The highest BCUT2D eigenvalue weighted by atomic mass is 15.0. The van der Waals surface area contributed by atoms with Crippen molar-refractivity contribution < 1.29 is 0 Å². The summed E-state index contributed by atoms with van der Waals surface area (Å²) in [6, 6.07) is 0.849. The van der Waals surface area contributed by atoms with Gasteiger partial charge in [-0.3, -0.25) is 0 Å². The van der Waals surface area contributed by atoms with Crippen LogP contribution in [0.4, 0.5) is 0 Å². The minimum Gasteiger partial charge on any atom is -0.330 e. The Hall–Kier alpha value is -0.0800. The van der Waals surface area contributed by atoms with E-state index < -0.39 is 0 Å². The molecule has 2 nitrogen and oxygen atoms in total. The zero-order valence-corrected chi connectivity index (χ0v) is 9.34. The Morgan fingerprint density at radius 1 is 1.14 bits per heavy atom. The highest BCUT2D eigenvalue weighted by molar-refractivity contribution is 4.90. The van der Waals surface area contributed by atoms with Gasteiger partial charge < -0.3 is 11.1 Å². The molecular weight excluding hydrogens is 172 g/mol. The highest BCUT2D eigenvalue weighted by Crippen LogP contribution is 2.31. The summed E-state index contributed by atoms with van der Waals surface area (Å²) < 4.78 is 0. The van der Waals surface area contributed by atoms with Crippen molar-refractivity contribution >= 4 is 0 Å². The summed E-state index contributed by atoms with van der Waals surface area (Å²) in [7, 11) is 0. The molecule has 2 atom stereocenters. The Balaban J connectivity index is 1.59. The number of nitrogens with two attached hydrogens (primary N) is 1. The van der Waals surface area contributed by atoms with Crippen molar-refractivity contribution in [1.29, 1.82) is 0 Å². The minimum absolute atomic E-state index is 0.825. The second-order valence-electron chi connectivity index (χ2n) is 5.35. The fraction of sp³-hybridized carbons (Fsp3) is 1.00. The number of hydrogen-bond donors (Lipinski definition) is 2. The van der Waals surface area contributed by atoms with Gasteiger partial charge in [-0.15, -0.1) is 0 Å². The first kappa shape index (κ1) is 10.4. The van der Waals surface area contributed by atoms with Gasteiger partial charge in [-0.2, -0.15) is 0 Å². The lowest BCUT2D eigenvalue weighted by Crippen LogP contribution is -2.30. The van der Waals surface area contributed by atoms with Gasteiger partial charge in [0, 0.05) is 6.04 Å². The van der Waals surface area contributed by atoms with Gasteiger partial charge in [-0.1, -0.05) is 6.92 Å². The Morgan fingerprint density at radius 2 is 1.71 bits per heavy atom. The SMILES string of the molecule is CC1CC1NCC1CCC(CN)CC1. The van der Waals surface area contributed by atoms with Gasteiger partial charge in [0.2, 0.25) is 0 Å². The summed E-state index contributed by atoms with van der Waals surface area (Å²) in [5, 5.41) is 3.68. The first-order valence-corrected chi connectivity index (χ1v) is 6.23. The van der Waals surface area contributed by atoms with E-state index in [-0.39, 0.29) is 0 Å². The summed E-state index contributed by atoms with van der Waals surface area (Å²) in [5.74, 6) is 2.70. The van der Waals surface area contributed by atoms with Gasteiger partial charge in [0.15, 0.2) is 0 Å². The molecule has 3 N–H and O–H groups in total. The predicted molar refractivity (Wildman–Crippen MR) is 60.1 cm³/mol. The lowest BCUT2D eigenvalue weighted by Gasteiger charge is -2.27. The summed E-state index contributed by atoms with van der Waals surface area (Å²) in [5.41, 5.74) is 5.68. The molecule has 0 aromatic rings. The Labute approximate surface area is 87.6 Å². The molecule has 0 saturated heterocycles. The average molecular weight is 196 g/mol. The van der Waals surface area contributed by atoms with E-state index in [4.69, 9.17) is 5.73 Å².